The molecule has 0 bridgehead atoms. The van der Waals surface area contributed by atoms with Gasteiger partial charge >= 0.3 is 0 Å². The van der Waals surface area contributed by atoms with Crippen LogP contribution in [0, 0.1) is 0 Å². The maximum atomic E-state index is 9.06. The first-order valence-corrected chi connectivity index (χ1v) is 8.83. The summed E-state index contributed by atoms with van der Waals surface area (Å²) in [6.45, 7) is 2.75. The second kappa shape index (κ2) is 4.98. The SMILES string of the molecule is C[Si](CCCO)(C1=CCC=C1)C1=CCC=C1. The van der Waals surface area contributed by atoms with Crippen molar-refractivity contribution in [2.24, 2.45) is 0 Å². The van der Waals surface area contributed by atoms with Crippen molar-refractivity contribution in [1.29, 1.82) is 0 Å². The minimum Gasteiger partial charge on any atom is -0.396 e. The molecule has 0 aromatic carbocycles. The average molecular weight is 232 g/mol. The lowest BCUT2D eigenvalue weighted by molar-refractivity contribution is 0.294. The Morgan fingerprint density at radius 3 is 2.06 bits per heavy atom. The molecule has 0 aromatic rings. The lowest BCUT2D eigenvalue weighted by Gasteiger charge is -2.29. The Hall–Kier alpha value is -0.863. The Labute approximate surface area is 98.9 Å². The highest BCUT2D eigenvalue weighted by molar-refractivity contribution is 6.92. The monoisotopic (exact) mass is 232 g/mol. The summed E-state index contributed by atoms with van der Waals surface area (Å²) in [4.78, 5) is 0. The van der Waals surface area contributed by atoms with Gasteiger partial charge in [-0.3, -0.25) is 0 Å². The molecule has 1 nitrogen and oxygen atoms in total. The largest absolute Gasteiger partial charge is 0.396 e. The van der Waals surface area contributed by atoms with E-state index in [1.165, 1.54) is 0 Å². The number of hydrogen-bond acceptors (Lipinski definition) is 1. The molecule has 0 spiro atoms. The third kappa shape index (κ3) is 2.13. The van der Waals surface area contributed by atoms with Gasteiger partial charge in [0.25, 0.3) is 0 Å². The third-order valence-corrected chi connectivity index (χ3v) is 8.30. The van der Waals surface area contributed by atoms with Crippen LogP contribution in [0.2, 0.25) is 12.6 Å². The second-order valence-corrected chi connectivity index (χ2v) is 9.07. The number of aliphatic hydroxyl groups excluding tert-OH is 1. The highest BCUT2D eigenvalue weighted by atomic mass is 28.3. The van der Waals surface area contributed by atoms with Gasteiger partial charge in [0.05, 0.1) is 0 Å². The van der Waals surface area contributed by atoms with Crippen LogP contribution in [0.15, 0.2) is 46.8 Å². The predicted molar refractivity (Wildman–Crippen MR) is 71.8 cm³/mol. The van der Waals surface area contributed by atoms with Crippen molar-refractivity contribution in [3.8, 4) is 0 Å². The van der Waals surface area contributed by atoms with Crippen molar-refractivity contribution in [3.05, 3.63) is 46.8 Å². The first-order valence-electron chi connectivity index (χ1n) is 6.12. The van der Waals surface area contributed by atoms with Crippen molar-refractivity contribution in [3.63, 3.8) is 0 Å². The molecule has 0 amide bonds. The van der Waals surface area contributed by atoms with Crippen LogP contribution in [0.5, 0.6) is 0 Å². The molecule has 2 heteroatoms. The molecule has 2 rings (SSSR count). The van der Waals surface area contributed by atoms with E-state index in [9.17, 15) is 0 Å². The summed E-state index contributed by atoms with van der Waals surface area (Å²) < 4.78 is 0. The molecule has 0 radical (unpaired) electrons. The molecule has 0 saturated heterocycles. The molecule has 0 fully saturated rings. The van der Waals surface area contributed by atoms with Crippen LogP contribution in [0.4, 0.5) is 0 Å². The maximum Gasteiger partial charge on any atom is 0.114 e. The molecule has 0 aromatic heterocycles. The van der Waals surface area contributed by atoms with Crippen molar-refractivity contribution in [2.75, 3.05) is 6.61 Å². The van der Waals surface area contributed by atoms with Crippen molar-refractivity contribution >= 4 is 8.07 Å². The predicted octanol–water partition coefficient (Wildman–Crippen LogP) is 3.30. The second-order valence-electron chi connectivity index (χ2n) is 4.75. The van der Waals surface area contributed by atoms with E-state index in [0.29, 0.717) is 6.61 Å². The van der Waals surface area contributed by atoms with Crippen molar-refractivity contribution < 1.29 is 5.11 Å². The minimum atomic E-state index is -1.52. The fraction of sp³-hybridized carbons (Fsp3) is 0.429. The Morgan fingerprint density at radius 1 is 1.12 bits per heavy atom. The molecule has 0 unspecified atom stereocenters. The van der Waals surface area contributed by atoms with Crippen molar-refractivity contribution in [2.45, 2.75) is 31.9 Å². The molecule has 2 aliphatic carbocycles. The van der Waals surface area contributed by atoms with Gasteiger partial charge in [0.15, 0.2) is 0 Å². The Kier molecular flexibility index (Phi) is 3.61. The van der Waals surface area contributed by atoms with Crippen LogP contribution in [0.25, 0.3) is 0 Å². The van der Waals surface area contributed by atoms with E-state index in [1.54, 1.807) is 10.4 Å². The van der Waals surface area contributed by atoms with E-state index in [4.69, 9.17) is 5.11 Å². The van der Waals surface area contributed by atoms with Crippen LogP contribution in [0.1, 0.15) is 19.3 Å². The molecule has 2 aliphatic rings. The van der Waals surface area contributed by atoms with Gasteiger partial charge in [-0.15, -0.1) is 0 Å². The molecule has 0 heterocycles. The van der Waals surface area contributed by atoms with E-state index in [0.717, 1.165) is 25.3 Å². The van der Waals surface area contributed by atoms with Gasteiger partial charge < -0.3 is 5.11 Å². The average Bonchev–Trinajstić information content (AvgIpc) is 2.96. The fourth-order valence-corrected chi connectivity index (χ4v) is 6.51. The molecule has 1 N–H and O–H groups in total. The minimum absolute atomic E-state index is 0.316. The summed E-state index contributed by atoms with van der Waals surface area (Å²) in [5.41, 5.74) is 0. The number of aliphatic hydroxyl groups is 1. The standard InChI is InChI=1S/C14H20OSi/c1-16(12-6-11-15,13-7-2-3-8-13)14-9-4-5-10-14/h2,4,7-10,15H,3,5-6,11-12H2,1H3. The summed E-state index contributed by atoms with van der Waals surface area (Å²) in [5.74, 6) is 0. The molecular weight excluding hydrogens is 212 g/mol. The number of allylic oxidation sites excluding steroid dienone is 8. The summed E-state index contributed by atoms with van der Waals surface area (Å²) in [5, 5.41) is 12.2. The molecule has 0 aliphatic heterocycles. The summed E-state index contributed by atoms with van der Waals surface area (Å²) in [6.07, 6.45) is 17.0. The van der Waals surface area contributed by atoms with Gasteiger partial charge in [-0.05, 0) is 25.3 Å². The maximum absolute atomic E-state index is 9.06. The molecule has 16 heavy (non-hydrogen) atoms. The van der Waals surface area contributed by atoms with E-state index < -0.39 is 8.07 Å². The summed E-state index contributed by atoms with van der Waals surface area (Å²) in [7, 11) is -1.52. The zero-order chi connectivity index (χ0) is 11.4. The van der Waals surface area contributed by atoms with Gasteiger partial charge in [0.2, 0.25) is 0 Å². The highest BCUT2D eigenvalue weighted by Crippen LogP contribution is 2.35. The number of hydrogen-bond donors (Lipinski definition) is 1. The van der Waals surface area contributed by atoms with E-state index in [-0.39, 0.29) is 0 Å². The lowest BCUT2D eigenvalue weighted by Crippen LogP contribution is -2.34. The normalized spacial score (nSPS) is 19.1. The zero-order valence-corrected chi connectivity index (χ0v) is 10.9. The van der Waals surface area contributed by atoms with Crippen LogP contribution in [-0.2, 0) is 0 Å². The van der Waals surface area contributed by atoms with E-state index in [2.05, 4.69) is 43.0 Å². The Balaban J connectivity index is 2.24. The van der Waals surface area contributed by atoms with Crippen molar-refractivity contribution in [1.82, 2.24) is 0 Å². The molecular formula is C14H20OSi. The highest BCUT2D eigenvalue weighted by Gasteiger charge is 2.34. The van der Waals surface area contributed by atoms with Crippen LogP contribution in [-0.4, -0.2) is 19.8 Å². The quantitative estimate of drug-likeness (QED) is 0.721. The van der Waals surface area contributed by atoms with Gasteiger partial charge in [-0.2, -0.15) is 0 Å². The van der Waals surface area contributed by atoms with Gasteiger partial charge in [-0.25, -0.2) is 0 Å². The smallest absolute Gasteiger partial charge is 0.114 e. The van der Waals surface area contributed by atoms with E-state index in [1.807, 2.05) is 0 Å². The van der Waals surface area contributed by atoms with Crippen LogP contribution in [0.3, 0.4) is 0 Å². The number of rotatable bonds is 5. The van der Waals surface area contributed by atoms with Crippen LogP contribution >= 0.6 is 0 Å². The van der Waals surface area contributed by atoms with Gasteiger partial charge in [0, 0.05) is 6.61 Å². The lowest BCUT2D eigenvalue weighted by atomic mass is 10.5. The Bertz CT molecular complexity index is 344. The van der Waals surface area contributed by atoms with Gasteiger partial charge in [-0.1, -0.05) is 53.4 Å². The summed E-state index contributed by atoms with van der Waals surface area (Å²) >= 11 is 0. The molecule has 86 valence electrons. The third-order valence-electron chi connectivity index (χ3n) is 3.65. The Morgan fingerprint density at radius 2 is 1.69 bits per heavy atom. The molecule has 0 atom stereocenters. The topological polar surface area (TPSA) is 20.2 Å². The summed E-state index contributed by atoms with van der Waals surface area (Å²) in [6, 6.07) is 1.16. The fourth-order valence-electron chi connectivity index (χ4n) is 2.62. The first kappa shape index (κ1) is 11.6. The van der Waals surface area contributed by atoms with Crippen LogP contribution < -0.4 is 0 Å². The first-order chi connectivity index (χ1) is 7.77. The molecule has 0 saturated carbocycles. The van der Waals surface area contributed by atoms with E-state index >= 15 is 0 Å². The van der Waals surface area contributed by atoms with Gasteiger partial charge in [0.1, 0.15) is 8.07 Å². The zero-order valence-electron chi connectivity index (χ0n) is 9.95.